The van der Waals surface area contributed by atoms with E-state index in [9.17, 15) is 0 Å². The van der Waals surface area contributed by atoms with Crippen LogP contribution in [0.25, 0.3) is 28.6 Å². The zero-order chi connectivity index (χ0) is 63.4. The third kappa shape index (κ3) is 24.4. The Morgan fingerprint density at radius 1 is 0.306 bits per heavy atom. The highest BCUT2D eigenvalue weighted by atomic mass is 15.5. The Morgan fingerprint density at radius 2 is 0.576 bits per heavy atom. The second-order valence-corrected chi connectivity index (χ2v) is 15.2. The van der Waals surface area contributed by atoms with Gasteiger partial charge in [-0.3, -0.25) is 0 Å². The molecule has 0 aliphatic rings. The van der Waals surface area contributed by atoms with Gasteiger partial charge in [0.1, 0.15) is 0 Å². The Hall–Kier alpha value is -10.3. The van der Waals surface area contributed by atoms with E-state index >= 15 is 0 Å². The number of nitrogens with zero attached hydrogens (tertiary/aromatic N) is 16. The summed E-state index contributed by atoms with van der Waals surface area (Å²) in [6.45, 7) is 33.8. The van der Waals surface area contributed by atoms with Gasteiger partial charge < -0.3 is 55.3 Å². The molecule has 0 amide bonds. The van der Waals surface area contributed by atoms with Gasteiger partial charge in [0.25, 0.3) is 0 Å². The topological polar surface area (TPSA) is 357 Å². The lowest BCUT2D eigenvalue weighted by molar-refractivity contribution is 0.856. The fourth-order valence-electron chi connectivity index (χ4n) is 6.54. The maximum atomic E-state index is 5.75. The van der Waals surface area contributed by atoms with E-state index in [-0.39, 0.29) is 11.9 Å². The number of para-hydroxylation sites is 4. The summed E-state index contributed by atoms with van der Waals surface area (Å²) in [5, 5.41) is 36.1. The molecule has 0 spiro atoms. The van der Waals surface area contributed by atoms with E-state index in [2.05, 4.69) is 82.0 Å². The molecule has 0 unspecified atom stereocenters. The molecule has 0 saturated carbocycles. The monoisotopic (exact) mass is 1170 g/mol. The molecule has 0 atom stereocenters. The van der Waals surface area contributed by atoms with Crippen LogP contribution >= 0.6 is 0 Å². The fraction of sp³-hybridized carbons (Fsp3) is 0.339. The normalized spacial score (nSPS) is 9.35. The van der Waals surface area contributed by atoms with Gasteiger partial charge >= 0.3 is 0 Å². The Labute approximate surface area is 502 Å². The van der Waals surface area contributed by atoms with Crippen LogP contribution in [0.5, 0.6) is 0 Å². The minimum Gasteiger partial charge on any atom is -0.368 e. The molecule has 26 heteroatoms. The van der Waals surface area contributed by atoms with E-state index in [4.69, 9.17) is 28.7 Å². The van der Waals surface area contributed by atoms with E-state index in [0.717, 1.165) is 55.5 Å². The Morgan fingerprint density at radius 3 is 0.859 bits per heavy atom. The third-order valence-corrected chi connectivity index (χ3v) is 9.69. The zero-order valence-electron chi connectivity index (χ0n) is 52.4. The van der Waals surface area contributed by atoms with Gasteiger partial charge in [0.05, 0.1) is 22.7 Å². The van der Waals surface area contributed by atoms with Crippen molar-refractivity contribution in [3.8, 4) is 28.6 Å². The first kappa shape index (κ1) is 72.7. The number of nitrogens with two attached hydrogens (primary N) is 5. The predicted molar refractivity (Wildman–Crippen MR) is 354 cm³/mol. The lowest BCUT2D eigenvalue weighted by Gasteiger charge is -2.05. The van der Waals surface area contributed by atoms with Gasteiger partial charge in [-0.15, -0.1) is 25.5 Å². The first-order valence-corrected chi connectivity index (χ1v) is 29.0. The molecule has 15 N–H and O–H groups in total. The van der Waals surface area contributed by atoms with Gasteiger partial charge in [0.2, 0.25) is 59.5 Å². The van der Waals surface area contributed by atoms with Gasteiger partial charge in [0, 0.05) is 38.9 Å². The van der Waals surface area contributed by atoms with E-state index in [1.165, 1.54) is 4.68 Å². The molecule has 6 aromatic heterocycles. The number of anilines is 10. The summed E-state index contributed by atoms with van der Waals surface area (Å²) in [6.07, 6.45) is 1.68. The summed E-state index contributed by atoms with van der Waals surface area (Å²) in [7, 11) is 0. The minimum atomic E-state index is 0.273. The van der Waals surface area contributed by atoms with Gasteiger partial charge in [0.15, 0.2) is 5.82 Å². The molecule has 0 radical (unpaired) electrons. The van der Waals surface area contributed by atoms with E-state index in [1.807, 2.05) is 243 Å². The summed E-state index contributed by atoms with van der Waals surface area (Å²) in [5.41, 5.74) is 32.0. The quantitative estimate of drug-likeness (QED) is 0.0456. The molecule has 10 aromatic rings. The Bertz CT molecular complexity index is 2880. The molecular weight excluding hydrogens is 1070 g/mol. The fourth-order valence-corrected chi connectivity index (χ4v) is 6.54. The smallest absolute Gasteiger partial charge is 0.244 e. The highest BCUT2D eigenvalue weighted by Crippen LogP contribution is 2.17. The average Bonchev–Trinajstić information content (AvgIpc) is 4.52. The van der Waals surface area contributed by atoms with E-state index < -0.39 is 0 Å². The molecule has 0 aliphatic heterocycles. The lowest BCUT2D eigenvalue weighted by atomic mass is 10.3. The number of hydrogen-bond acceptors (Lipinski definition) is 21. The molecule has 26 nitrogen and oxygen atoms in total. The van der Waals surface area contributed by atoms with Crippen LogP contribution in [0.3, 0.4) is 0 Å². The van der Waals surface area contributed by atoms with Crippen LogP contribution in [0.2, 0.25) is 0 Å². The first-order valence-electron chi connectivity index (χ1n) is 29.0. The van der Waals surface area contributed by atoms with Crippen LogP contribution in [-0.2, 0) is 0 Å². The number of benzene rings is 4. The summed E-state index contributed by atoms with van der Waals surface area (Å²) < 4.78 is 8.10. The zero-order valence-corrected chi connectivity index (χ0v) is 52.4. The van der Waals surface area contributed by atoms with Gasteiger partial charge in [-0.2, -0.15) is 48.3 Å². The highest BCUT2D eigenvalue weighted by Gasteiger charge is 2.12. The molecule has 4 aromatic carbocycles. The van der Waals surface area contributed by atoms with Crippen LogP contribution in [-0.4, -0.2) is 112 Å². The van der Waals surface area contributed by atoms with Crippen LogP contribution in [0.1, 0.15) is 104 Å². The van der Waals surface area contributed by atoms with E-state index in [0.29, 0.717) is 53.4 Å². The molecule has 460 valence electrons. The van der Waals surface area contributed by atoms with Crippen LogP contribution in [0.15, 0.2) is 146 Å². The third-order valence-electron chi connectivity index (χ3n) is 9.69. The molecule has 0 bridgehead atoms. The number of hydrogen-bond donors (Lipinski definition) is 10. The summed E-state index contributed by atoms with van der Waals surface area (Å²) in [6, 6.07) is 44.4. The standard InChI is InChI=1S/4C10H13N5.C9H12N6.5C2H6/c2*1-2-12-10-13-9(11)15(14-10)8-6-4-3-5-7-8;2*1-2-12-10-13-9(11)14-15(10)8-6-4-3-5-7-8;1-2-11-9-13-8(10)15(14-9)7-5-3-4-6-12-7;5*1-2/h4*3-7H,2H2,1H3,(H3,11,12,13,14);3-6H,2H2,1H3,(H3,10,11,13,14);5*1-2H3. The van der Waals surface area contributed by atoms with Crippen molar-refractivity contribution in [1.29, 1.82) is 0 Å². The van der Waals surface area contributed by atoms with Gasteiger partial charge in [-0.1, -0.05) is 148 Å². The predicted octanol–water partition coefficient (Wildman–Crippen LogP) is 10.9. The SMILES string of the molecule is CC.CC.CC.CC.CC.CCNc1nc(N)n(-c2ccccc2)n1.CCNc1nc(N)n(-c2ccccc2)n1.CCNc1nc(N)n(-c2ccccn2)n1.CCNc1nc(N)nn1-c1ccccc1.CCNc1nc(N)nn1-c1ccccc1. The molecule has 6 heterocycles. The van der Waals surface area contributed by atoms with Crippen molar-refractivity contribution in [3.63, 3.8) is 0 Å². The number of nitrogen functional groups attached to an aromatic ring is 5. The van der Waals surface area contributed by atoms with Crippen molar-refractivity contribution in [1.82, 2.24) is 78.8 Å². The maximum absolute atomic E-state index is 5.75. The molecule has 0 fully saturated rings. The summed E-state index contributed by atoms with van der Waals surface area (Å²) in [5.74, 6) is 5.26. The number of aromatic nitrogens is 16. The van der Waals surface area contributed by atoms with Crippen molar-refractivity contribution in [3.05, 3.63) is 146 Å². The van der Waals surface area contributed by atoms with Crippen molar-refractivity contribution in [2.45, 2.75) is 104 Å². The van der Waals surface area contributed by atoms with Crippen molar-refractivity contribution >= 4 is 59.5 Å². The maximum Gasteiger partial charge on any atom is 0.244 e. The van der Waals surface area contributed by atoms with Gasteiger partial charge in [-0.25, -0.2) is 4.98 Å². The summed E-state index contributed by atoms with van der Waals surface area (Å²) >= 11 is 0. The Kier molecular flexibility index (Phi) is 37.2. The van der Waals surface area contributed by atoms with Crippen molar-refractivity contribution in [2.75, 3.05) is 88.0 Å². The summed E-state index contributed by atoms with van der Waals surface area (Å²) in [4.78, 5) is 24.6. The van der Waals surface area contributed by atoms with Crippen LogP contribution in [0, 0.1) is 0 Å². The van der Waals surface area contributed by atoms with Crippen LogP contribution < -0.4 is 55.3 Å². The van der Waals surface area contributed by atoms with Gasteiger partial charge in [-0.05, 0) is 95.3 Å². The Balaban J connectivity index is 0.000000511. The molecular formula is C59H94N26. The lowest BCUT2D eigenvalue weighted by Crippen LogP contribution is -2.06. The molecule has 10 rings (SSSR count). The molecule has 0 aliphatic carbocycles. The molecule has 85 heavy (non-hydrogen) atoms. The number of nitrogens with one attached hydrogen (secondary N) is 5. The highest BCUT2D eigenvalue weighted by molar-refractivity contribution is 5.46. The first-order chi connectivity index (χ1) is 41.5. The number of pyridine rings is 1. The minimum absolute atomic E-state index is 0.273. The van der Waals surface area contributed by atoms with Crippen LogP contribution in [0.4, 0.5) is 59.5 Å². The van der Waals surface area contributed by atoms with E-state index in [1.54, 1.807) is 24.9 Å². The van der Waals surface area contributed by atoms with Crippen molar-refractivity contribution < 1.29 is 0 Å². The second-order valence-electron chi connectivity index (χ2n) is 15.2. The molecule has 0 saturated heterocycles. The van der Waals surface area contributed by atoms with Crippen molar-refractivity contribution in [2.24, 2.45) is 0 Å². The second kappa shape index (κ2) is 43.5. The average molecular weight is 1170 g/mol. The number of rotatable bonds is 15. The largest absolute Gasteiger partial charge is 0.368 e.